The van der Waals surface area contributed by atoms with Crippen LogP contribution in [0.15, 0.2) is 77.6 Å². The first-order valence-corrected chi connectivity index (χ1v) is 12.4. The van der Waals surface area contributed by atoms with Gasteiger partial charge in [0.1, 0.15) is 12.4 Å². The number of fused-ring (bicyclic) bond motifs is 1. The van der Waals surface area contributed by atoms with Gasteiger partial charge in [0.05, 0.1) is 10.7 Å². The first-order chi connectivity index (χ1) is 16.2. The number of amides is 1. The Hall–Kier alpha value is -3.42. The number of nitrogens with zero attached hydrogens (tertiary/aromatic N) is 1. The summed E-state index contributed by atoms with van der Waals surface area (Å²) < 4.78 is 5.79. The number of benzene rings is 2. The molecule has 1 amide bonds. The van der Waals surface area contributed by atoms with Crippen molar-refractivity contribution in [3.8, 4) is 5.75 Å². The van der Waals surface area contributed by atoms with Gasteiger partial charge in [0.25, 0.3) is 5.91 Å². The fourth-order valence-electron chi connectivity index (χ4n) is 3.87. The molecule has 0 aliphatic heterocycles. The maximum atomic E-state index is 12.9. The summed E-state index contributed by atoms with van der Waals surface area (Å²) in [6.07, 6.45) is 2.05. The minimum Gasteiger partial charge on any atom is -0.487 e. The summed E-state index contributed by atoms with van der Waals surface area (Å²) in [5, 5.41) is 9.40. The molecule has 3 heterocycles. The van der Waals surface area contributed by atoms with Crippen molar-refractivity contribution in [2.24, 2.45) is 0 Å². The van der Waals surface area contributed by atoms with Crippen LogP contribution in [0.2, 0.25) is 0 Å². The van der Waals surface area contributed by atoms with Crippen LogP contribution in [0.5, 0.6) is 5.75 Å². The smallest absolute Gasteiger partial charge is 0.251 e. The predicted molar refractivity (Wildman–Crippen MR) is 134 cm³/mol. The Bertz CT molecular complexity index is 1350. The molecule has 3 aromatic heterocycles. The fraction of sp³-hybridized carbons (Fsp3) is 0.154. The Kier molecular flexibility index (Phi) is 6.24. The predicted octanol–water partition coefficient (Wildman–Crippen LogP) is 6.14. The van der Waals surface area contributed by atoms with E-state index < -0.39 is 0 Å². The molecule has 2 aromatic carbocycles. The molecule has 0 radical (unpaired) electrons. The number of hydrogen-bond donors (Lipinski definition) is 2. The molecule has 0 spiro atoms. The highest BCUT2D eigenvalue weighted by atomic mass is 32.1. The van der Waals surface area contributed by atoms with E-state index in [0.29, 0.717) is 24.5 Å². The van der Waals surface area contributed by atoms with E-state index in [1.165, 1.54) is 15.8 Å². The highest BCUT2D eigenvalue weighted by Gasteiger charge is 2.20. The van der Waals surface area contributed by atoms with Gasteiger partial charge in [0, 0.05) is 45.4 Å². The Morgan fingerprint density at radius 2 is 1.94 bits per heavy atom. The minimum atomic E-state index is -0.0990. The first-order valence-electron chi connectivity index (χ1n) is 10.7. The van der Waals surface area contributed by atoms with Crippen molar-refractivity contribution in [1.82, 2.24) is 15.3 Å². The second-order valence-corrected chi connectivity index (χ2v) is 9.78. The summed E-state index contributed by atoms with van der Waals surface area (Å²) in [6.45, 7) is 2.91. The van der Waals surface area contributed by atoms with Gasteiger partial charge in [-0.25, -0.2) is 4.98 Å². The van der Waals surface area contributed by atoms with Gasteiger partial charge < -0.3 is 15.0 Å². The van der Waals surface area contributed by atoms with Crippen LogP contribution < -0.4 is 10.1 Å². The molecule has 0 saturated heterocycles. The number of carbonyl (C=O) groups excluding carboxylic acids is 1. The average Bonchev–Trinajstić information content (AvgIpc) is 3.60. The van der Waals surface area contributed by atoms with Crippen molar-refractivity contribution in [3.63, 3.8) is 0 Å². The lowest BCUT2D eigenvalue weighted by molar-refractivity contribution is 0.0952. The van der Waals surface area contributed by atoms with Crippen molar-refractivity contribution in [3.05, 3.63) is 104 Å². The zero-order chi connectivity index (χ0) is 22.6. The average molecular weight is 474 g/mol. The van der Waals surface area contributed by atoms with E-state index in [0.717, 1.165) is 16.2 Å². The monoisotopic (exact) mass is 473 g/mol. The number of aromatic nitrogens is 2. The second kappa shape index (κ2) is 9.60. The summed E-state index contributed by atoms with van der Waals surface area (Å²) in [5.74, 6) is 0.694. The van der Waals surface area contributed by atoms with Crippen LogP contribution in [-0.2, 0) is 6.61 Å². The second-order valence-electron chi connectivity index (χ2n) is 7.74. The first kappa shape index (κ1) is 21.4. The van der Waals surface area contributed by atoms with Gasteiger partial charge in [-0.15, -0.1) is 22.7 Å². The number of thiophene rings is 1. The van der Waals surface area contributed by atoms with Gasteiger partial charge in [-0.2, -0.15) is 0 Å². The van der Waals surface area contributed by atoms with Crippen molar-refractivity contribution >= 4 is 39.5 Å². The van der Waals surface area contributed by atoms with Gasteiger partial charge in [0.15, 0.2) is 0 Å². The van der Waals surface area contributed by atoms with E-state index in [1.807, 2.05) is 36.6 Å². The number of rotatable bonds is 8. The maximum Gasteiger partial charge on any atom is 0.251 e. The molecule has 1 unspecified atom stereocenters. The quantitative estimate of drug-likeness (QED) is 0.285. The number of aryl methyl sites for hydroxylation is 1. The molecule has 2 N–H and O–H groups in total. The summed E-state index contributed by atoms with van der Waals surface area (Å²) in [4.78, 5) is 21.9. The zero-order valence-corrected chi connectivity index (χ0v) is 19.7. The van der Waals surface area contributed by atoms with Gasteiger partial charge >= 0.3 is 0 Å². The molecule has 0 saturated carbocycles. The van der Waals surface area contributed by atoms with Gasteiger partial charge in [-0.3, -0.25) is 4.79 Å². The van der Waals surface area contributed by atoms with Crippen molar-refractivity contribution in [2.75, 3.05) is 6.54 Å². The summed E-state index contributed by atoms with van der Waals surface area (Å²) >= 11 is 3.31. The van der Waals surface area contributed by atoms with Crippen molar-refractivity contribution in [2.45, 2.75) is 19.4 Å². The third kappa shape index (κ3) is 4.84. The van der Waals surface area contributed by atoms with Crippen LogP contribution in [0.1, 0.15) is 37.4 Å². The Balaban J connectivity index is 1.26. The number of aromatic amines is 1. The lowest BCUT2D eigenvalue weighted by atomic mass is 9.96. The highest BCUT2D eigenvalue weighted by molar-refractivity contribution is 7.10. The normalized spacial score (nSPS) is 12.0. The number of hydrogen-bond acceptors (Lipinski definition) is 5. The van der Waals surface area contributed by atoms with E-state index >= 15 is 0 Å². The van der Waals surface area contributed by atoms with Crippen LogP contribution in [0.3, 0.4) is 0 Å². The van der Waals surface area contributed by atoms with E-state index in [1.54, 1.807) is 34.8 Å². The minimum absolute atomic E-state index is 0.0780. The summed E-state index contributed by atoms with van der Waals surface area (Å²) in [5.41, 5.74) is 3.81. The lowest BCUT2D eigenvalue weighted by Gasteiger charge is -2.16. The molecular weight excluding hydrogens is 450 g/mol. The molecule has 0 aliphatic carbocycles. The SMILES string of the molecule is Cc1nc(COc2ccc(C(=O)NCC(c3cccs3)c3c[nH]c4ccccc34)cc2)cs1. The van der Waals surface area contributed by atoms with Gasteiger partial charge in [0.2, 0.25) is 0 Å². The van der Waals surface area contributed by atoms with E-state index in [9.17, 15) is 4.79 Å². The maximum absolute atomic E-state index is 12.9. The van der Waals surface area contributed by atoms with Crippen LogP contribution >= 0.6 is 22.7 Å². The van der Waals surface area contributed by atoms with Crippen molar-refractivity contribution in [1.29, 1.82) is 0 Å². The molecule has 5 aromatic rings. The molecule has 7 heteroatoms. The molecule has 0 fully saturated rings. The molecule has 33 heavy (non-hydrogen) atoms. The molecule has 5 nitrogen and oxygen atoms in total. The lowest BCUT2D eigenvalue weighted by Crippen LogP contribution is -2.28. The molecule has 166 valence electrons. The number of ether oxygens (including phenoxy) is 1. The van der Waals surface area contributed by atoms with Crippen molar-refractivity contribution < 1.29 is 9.53 Å². The Labute approximate surface area is 200 Å². The molecule has 0 aliphatic rings. The number of para-hydroxylation sites is 1. The van der Waals surface area contributed by atoms with Crippen LogP contribution in [0.4, 0.5) is 0 Å². The van der Waals surface area contributed by atoms with Crippen LogP contribution in [0, 0.1) is 6.92 Å². The summed E-state index contributed by atoms with van der Waals surface area (Å²) in [7, 11) is 0. The van der Waals surface area contributed by atoms with Gasteiger partial charge in [-0.05, 0) is 54.3 Å². The number of thiazole rings is 1. The number of H-pyrrole nitrogens is 1. The zero-order valence-electron chi connectivity index (χ0n) is 18.1. The van der Waals surface area contributed by atoms with Crippen LogP contribution in [0.25, 0.3) is 10.9 Å². The standard InChI is InChI=1S/C26H23N3O2S2/c1-17-29-19(16-33-17)15-31-20-10-8-18(9-11-20)26(30)28-14-23(25-7-4-12-32-25)22-13-27-24-6-3-2-5-21(22)24/h2-13,16,23,27H,14-15H2,1H3,(H,28,30). The Morgan fingerprint density at radius 3 is 2.70 bits per heavy atom. The fourth-order valence-corrected chi connectivity index (χ4v) is 5.31. The highest BCUT2D eigenvalue weighted by Crippen LogP contribution is 2.33. The summed E-state index contributed by atoms with van der Waals surface area (Å²) in [6, 6.07) is 19.7. The van der Waals surface area contributed by atoms with E-state index in [-0.39, 0.29) is 11.8 Å². The Morgan fingerprint density at radius 1 is 1.09 bits per heavy atom. The van der Waals surface area contributed by atoms with Gasteiger partial charge in [-0.1, -0.05) is 24.3 Å². The topological polar surface area (TPSA) is 67.0 Å². The number of nitrogens with one attached hydrogen (secondary N) is 2. The largest absolute Gasteiger partial charge is 0.487 e. The molecular formula is C26H23N3O2S2. The van der Waals surface area contributed by atoms with Crippen LogP contribution in [-0.4, -0.2) is 22.4 Å². The van der Waals surface area contributed by atoms with E-state index in [4.69, 9.17) is 4.74 Å². The molecule has 1 atom stereocenters. The molecule has 0 bridgehead atoms. The third-order valence-electron chi connectivity index (χ3n) is 5.52. The van der Waals surface area contributed by atoms with E-state index in [2.05, 4.69) is 51.1 Å². The molecule has 5 rings (SSSR count). The third-order valence-corrected chi connectivity index (χ3v) is 7.33. The number of carbonyl (C=O) groups is 1.